The van der Waals surface area contributed by atoms with Crippen molar-refractivity contribution in [3.63, 3.8) is 0 Å². The number of nitrogens with two attached hydrogens (primary N) is 1. The van der Waals surface area contributed by atoms with Gasteiger partial charge in [0.05, 0.1) is 16.1 Å². The molecule has 44 heavy (non-hydrogen) atoms. The quantitative estimate of drug-likeness (QED) is 0.142. The minimum absolute atomic E-state index is 0.0556. The molecule has 0 spiro atoms. The van der Waals surface area contributed by atoms with Crippen LogP contribution in [0.25, 0.3) is 21.3 Å². The second-order valence-electron chi connectivity index (χ2n) is 12.1. The maximum atomic E-state index is 13.8. The van der Waals surface area contributed by atoms with Crippen LogP contribution in [0.2, 0.25) is 0 Å². The average Bonchev–Trinajstić information content (AvgIpc) is 3.55. The fourth-order valence-electron chi connectivity index (χ4n) is 7.81. The first-order valence-electron chi connectivity index (χ1n) is 14.0. The van der Waals surface area contributed by atoms with Gasteiger partial charge >= 0.3 is 11.9 Å². The van der Waals surface area contributed by atoms with E-state index in [9.17, 15) is 37.3 Å². The maximum Gasteiger partial charge on any atom is 0.433 e. The molecule has 4 saturated carbocycles. The lowest BCUT2D eigenvalue weighted by Gasteiger charge is -2.56. The summed E-state index contributed by atoms with van der Waals surface area (Å²) < 4.78 is 56.7. The van der Waals surface area contributed by atoms with Gasteiger partial charge in [-0.15, -0.1) is 11.3 Å². The third-order valence-electron chi connectivity index (χ3n) is 9.17. The Morgan fingerprint density at radius 1 is 1.09 bits per heavy atom. The number of alkyl halides is 3. The van der Waals surface area contributed by atoms with Crippen molar-refractivity contribution in [2.45, 2.75) is 50.2 Å². The van der Waals surface area contributed by atoms with Gasteiger partial charge in [-0.05, 0) is 85.6 Å². The second-order valence-corrected chi connectivity index (χ2v) is 13.1. The highest BCUT2D eigenvalue weighted by atomic mass is 32.1. The molecule has 3 N–H and O–H groups in total. The molecule has 10 nitrogen and oxygen atoms in total. The Labute approximate surface area is 250 Å². The minimum Gasteiger partial charge on any atom is -0.365 e. The van der Waals surface area contributed by atoms with Gasteiger partial charge in [-0.25, -0.2) is 9.37 Å². The van der Waals surface area contributed by atoms with Gasteiger partial charge in [0, 0.05) is 5.39 Å². The molecule has 4 aliphatic rings. The average molecular weight is 629 g/mol. The van der Waals surface area contributed by atoms with Crippen molar-refractivity contribution in [1.29, 1.82) is 0 Å². The smallest absolute Gasteiger partial charge is 0.365 e. The van der Waals surface area contributed by atoms with E-state index >= 15 is 0 Å². The Morgan fingerprint density at radius 3 is 2.25 bits per heavy atom. The van der Waals surface area contributed by atoms with E-state index in [4.69, 9.17) is 5.73 Å². The summed E-state index contributed by atoms with van der Waals surface area (Å²) in [6, 6.07) is 5.32. The van der Waals surface area contributed by atoms with Gasteiger partial charge in [0.15, 0.2) is 0 Å². The topological polar surface area (TPSA) is 146 Å². The lowest BCUT2D eigenvalue weighted by molar-refractivity contribution is -0.385. The zero-order valence-corrected chi connectivity index (χ0v) is 23.7. The molecule has 0 aliphatic heterocycles. The van der Waals surface area contributed by atoms with E-state index in [1.165, 1.54) is 18.3 Å². The summed E-state index contributed by atoms with van der Waals surface area (Å²) in [6.07, 6.45) is 2.22. The number of benzene rings is 1. The van der Waals surface area contributed by atoms with Crippen LogP contribution in [0, 0.1) is 33.7 Å². The fourth-order valence-corrected chi connectivity index (χ4v) is 8.82. The predicted octanol–water partition coefficient (Wildman–Crippen LogP) is 6.50. The molecule has 0 unspecified atom stereocenters. The van der Waals surface area contributed by atoms with E-state index < -0.39 is 51.3 Å². The SMILES string of the molecule is NC(=O)c1sc2nc(C(F)(F)F)cc(-c3ccc(F)cc3)c2c1NC(=O)c1nn(C23CC4CC(CC(C4)C2)C3)cc1[N+](=O)[O-]. The van der Waals surface area contributed by atoms with Gasteiger partial charge in [-0.3, -0.25) is 24.4 Å². The molecular weight excluding hydrogens is 604 g/mol. The summed E-state index contributed by atoms with van der Waals surface area (Å²) in [5, 5.41) is 19.0. The number of anilines is 1. The number of aromatic nitrogens is 3. The van der Waals surface area contributed by atoms with Gasteiger partial charge in [0.1, 0.15) is 27.4 Å². The van der Waals surface area contributed by atoms with E-state index in [0.29, 0.717) is 29.1 Å². The summed E-state index contributed by atoms with van der Waals surface area (Å²) >= 11 is 0.532. The van der Waals surface area contributed by atoms with E-state index in [2.05, 4.69) is 15.4 Å². The normalized spacial score (nSPS) is 24.1. The molecule has 3 heterocycles. The molecule has 0 saturated heterocycles. The third-order valence-corrected chi connectivity index (χ3v) is 10.3. The van der Waals surface area contributed by atoms with Gasteiger partial charge in [0.2, 0.25) is 5.69 Å². The highest BCUT2D eigenvalue weighted by Gasteiger charge is 2.53. The number of amides is 2. The lowest BCUT2D eigenvalue weighted by atomic mass is 9.53. The Morgan fingerprint density at radius 2 is 1.70 bits per heavy atom. The van der Waals surface area contributed by atoms with Crippen LogP contribution in [-0.4, -0.2) is 31.5 Å². The van der Waals surface area contributed by atoms with E-state index in [1.807, 2.05) is 0 Å². The zero-order chi connectivity index (χ0) is 31.1. The molecule has 1 aromatic carbocycles. The van der Waals surface area contributed by atoms with Crippen LogP contribution in [-0.2, 0) is 11.7 Å². The minimum atomic E-state index is -4.87. The predicted molar refractivity (Wildman–Crippen MR) is 152 cm³/mol. The first-order valence-corrected chi connectivity index (χ1v) is 14.8. The molecule has 15 heteroatoms. The zero-order valence-electron chi connectivity index (χ0n) is 22.9. The highest BCUT2D eigenvalue weighted by Crippen LogP contribution is 2.59. The molecule has 8 rings (SSSR count). The maximum absolute atomic E-state index is 13.8. The van der Waals surface area contributed by atoms with Crippen molar-refractivity contribution in [2.24, 2.45) is 23.5 Å². The Balaban J connectivity index is 1.35. The van der Waals surface area contributed by atoms with Crippen LogP contribution in [0.1, 0.15) is 64.4 Å². The van der Waals surface area contributed by atoms with Crippen molar-refractivity contribution < 1.29 is 32.1 Å². The molecule has 4 aliphatic carbocycles. The van der Waals surface area contributed by atoms with Gasteiger partial charge in [-0.2, -0.15) is 18.3 Å². The Hall–Kier alpha value is -4.40. The second kappa shape index (κ2) is 9.81. The van der Waals surface area contributed by atoms with E-state index in [-0.39, 0.29) is 31.9 Å². The largest absolute Gasteiger partial charge is 0.433 e. The van der Waals surface area contributed by atoms with Crippen LogP contribution in [0.5, 0.6) is 0 Å². The summed E-state index contributed by atoms with van der Waals surface area (Å²) in [5.74, 6) is -1.24. The Bertz CT molecular complexity index is 1830. The molecule has 4 fully saturated rings. The summed E-state index contributed by atoms with van der Waals surface area (Å²) in [7, 11) is 0. The standard InChI is InChI=1S/C29H24F4N6O4S/c30-17-3-1-16(2-4-17)18-8-20(29(31,32)33)35-27-21(18)23(24(44-27)25(34)40)36-26(41)22-19(39(42)43)12-38(37-22)28-9-13-5-14(10-28)7-15(6-13)11-28/h1-4,8,12-15H,5-7,9-11H2,(H2,34,40)(H,36,41). The van der Waals surface area contributed by atoms with Gasteiger partial charge in [0.25, 0.3) is 11.8 Å². The summed E-state index contributed by atoms with van der Waals surface area (Å²) in [5.41, 5.74) is 2.62. The summed E-state index contributed by atoms with van der Waals surface area (Å²) in [4.78, 5) is 40.7. The molecule has 2 amide bonds. The van der Waals surface area contributed by atoms with Crippen LogP contribution >= 0.6 is 11.3 Å². The Kier molecular flexibility index (Phi) is 6.32. The fraction of sp³-hybridized carbons (Fsp3) is 0.379. The number of hydrogen-bond donors (Lipinski definition) is 2. The molecule has 4 bridgehead atoms. The molecule has 3 aromatic heterocycles. The number of carbonyl (C=O) groups excluding carboxylic acids is 2. The van der Waals surface area contributed by atoms with Crippen molar-refractivity contribution in [1.82, 2.24) is 14.8 Å². The third kappa shape index (κ3) is 4.60. The van der Waals surface area contributed by atoms with E-state index in [1.54, 1.807) is 4.68 Å². The number of nitrogens with one attached hydrogen (secondary N) is 1. The number of nitro groups is 1. The monoisotopic (exact) mass is 628 g/mol. The molecule has 4 aromatic rings. The van der Waals surface area contributed by atoms with Crippen molar-refractivity contribution >= 4 is 44.7 Å². The molecule has 228 valence electrons. The molecule has 0 atom stereocenters. The highest BCUT2D eigenvalue weighted by molar-refractivity contribution is 7.21. The number of primary amides is 1. The van der Waals surface area contributed by atoms with Crippen LogP contribution in [0.4, 0.5) is 28.9 Å². The van der Waals surface area contributed by atoms with Crippen LogP contribution in [0.15, 0.2) is 36.5 Å². The van der Waals surface area contributed by atoms with Crippen LogP contribution in [0.3, 0.4) is 0 Å². The van der Waals surface area contributed by atoms with Gasteiger partial charge < -0.3 is 11.1 Å². The van der Waals surface area contributed by atoms with Crippen LogP contribution < -0.4 is 11.1 Å². The molecule has 0 radical (unpaired) electrons. The number of fused-ring (bicyclic) bond motifs is 1. The number of rotatable bonds is 6. The van der Waals surface area contributed by atoms with Crippen molar-refractivity contribution in [3.8, 4) is 11.1 Å². The number of pyridine rings is 1. The van der Waals surface area contributed by atoms with Crippen molar-refractivity contribution in [3.05, 3.63) is 68.7 Å². The van der Waals surface area contributed by atoms with E-state index in [0.717, 1.165) is 56.7 Å². The number of carbonyl (C=O) groups is 2. The number of hydrogen-bond acceptors (Lipinski definition) is 7. The molecular formula is C29H24F4N6O4S. The lowest BCUT2D eigenvalue weighted by Crippen LogP contribution is -2.52. The first kappa shape index (κ1) is 28.4. The summed E-state index contributed by atoms with van der Waals surface area (Å²) in [6.45, 7) is 0. The first-order chi connectivity index (χ1) is 20.8. The van der Waals surface area contributed by atoms with Gasteiger partial charge in [-0.1, -0.05) is 12.1 Å². The number of thiophene rings is 1. The van der Waals surface area contributed by atoms with Crippen molar-refractivity contribution in [2.75, 3.05) is 5.32 Å². The number of nitrogens with zero attached hydrogens (tertiary/aromatic N) is 4. The number of halogens is 4.